The lowest BCUT2D eigenvalue weighted by atomic mass is 10.2. The van der Waals surface area contributed by atoms with Crippen LogP contribution in [0.2, 0.25) is 0 Å². The van der Waals surface area contributed by atoms with Crippen LogP contribution in [0.1, 0.15) is 34.1 Å². The van der Waals surface area contributed by atoms with Crippen molar-refractivity contribution in [2.75, 3.05) is 11.9 Å². The van der Waals surface area contributed by atoms with Crippen molar-refractivity contribution in [3.05, 3.63) is 0 Å². The summed E-state index contributed by atoms with van der Waals surface area (Å²) in [6, 6.07) is -0.597. The maximum Gasteiger partial charge on any atom is 0.408 e. The van der Waals surface area contributed by atoms with Crippen molar-refractivity contribution in [1.82, 2.24) is 10.6 Å². The lowest BCUT2D eigenvalue weighted by Crippen LogP contribution is -2.46. The molecule has 0 saturated carbocycles. The van der Waals surface area contributed by atoms with Crippen LogP contribution < -0.4 is 10.6 Å². The number of halogens is 1. The number of rotatable bonds is 5. The van der Waals surface area contributed by atoms with E-state index in [1.54, 1.807) is 27.7 Å². The summed E-state index contributed by atoms with van der Waals surface area (Å²) in [4.78, 5) is 22.9. The summed E-state index contributed by atoms with van der Waals surface area (Å²) >= 11 is 3.27. The Morgan fingerprint density at radius 2 is 1.94 bits per heavy atom. The number of alkyl halides is 1. The highest BCUT2D eigenvalue weighted by molar-refractivity contribution is 9.09. The molecule has 0 aliphatic rings. The number of carbonyl (C=O) groups excluding carboxylic acids is 2. The van der Waals surface area contributed by atoms with Crippen LogP contribution in [0.15, 0.2) is 0 Å². The van der Waals surface area contributed by atoms with Crippen LogP contribution in [-0.4, -0.2) is 35.5 Å². The Hall–Kier alpha value is -0.780. The minimum atomic E-state index is -0.597. The molecular formula is C11H21BrN2O3. The van der Waals surface area contributed by atoms with Gasteiger partial charge >= 0.3 is 6.09 Å². The van der Waals surface area contributed by atoms with Crippen LogP contribution in [0.5, 0.6) is 0 Å². The lowest BCUT2D eigenvalue weighted by molar-refractivity contribution is -0.122. The van der Waals surface area contributed by atoms with Crippen molar-refractivity contribution in [3.63, 3.8) is 0 Å². The Kier molecular flexibility index (Phi) is 7.18. The topological polar surface area (TPSA) is 67.4 Å². The fraction of sp³-hybridized carbons (Fsp3) is 0.818. The zero-order valence-corrected chi connectivity index (χ0v) is 12.4. The predicted molar refractivity (Wildman–Crippen MR) is 70.3 cm³/mol. The molecule has 6 heteroatoms. The smallest absolute Gasteiger partial charge is 0.408 e. The summed E-state index contributed by atoms with van der Waals surface area (Å²) in [6.07, 6.45) is 0.269. The first-order chi connectivity index (χ1) is 7.76. The lowest BCUT2D eigenvalue weighted by Gasteiger charge is -2.21. The molecule has 0 aromatic heterocycles. The molecule has 0 bridgehead atoms. The van der Waals surface area contributed by atoms with Crippen LogP contribution in [0.25, 0.3) is 0 Å². The van der Waals surface area contributed by atoms with Crippen LogP contribution in [-0.2, 0) is 9.53 Å². The van der Waals surface area contributed by atoms with Crippen LogP contribution >= 0.6 is 15.9 Å². The van der Waals surface area contributed by atoms with Gasteiger partial charge in [0.1, 0.15) is 11.6 Å². The Labute approximate surface area is 111 Å². The first kappa shape index (κ1) is 16.2. The van der Waals surface area contributed by atoms with Gasteiger partial charge in [0.2, 0.25) is 5.91 Å². The van der Waals surface area contributed by atoms with Crippen molar-refractivity contribution >= 4 is 27.9 Å². The Balaban J connectivity index is 3.95. The first-order valence-corrected chi connectivity index (χ1v) is 6.71. The fourth-order valence-electron chi connectivity index (χ4n) is 0.981. The normalized spacial score (nSPS) is 12.8. The number of amides is 2. The molecule has 0 heterocycles. The van der Waals surface area contributed by atoms with Crippen LogP contribution in [0.3, 0.4) is 0 Å². The zero-order valence-electron chi connectivity index (χ0n) is 10.8. The number of hydrogen-bond acceptors (Lipinski definition) is 3. The third kappa shape index (κ3) is 8.97. The number of carbonyl (C=O) groups is 2. The van der Waals surface area contributed by atoms with Gasteiger partial charge in [0.05, 0.1) is 0 Å². The van der Waals surface area contributed by atoms with E-state index < -0.39 is 17.7 Å². The van der Waals surface area contributed by atoms with Gasteiger partial charge in [0, 0.05) is 11.9 Å². The van der Waals surface area contributed by atoms with Crippen LogP contribution in [0, 0.1) is 0 Å². The zero-order chi connectivity index (χ0) is 13.5. The SMILES string of the molecule is CC(NC(=O)OC(C)(C)C)C(=O)NCCCBr. The molecule has 0 rings (SSSR count). The number of alkyl carbamates (subject to hydrolysis) is 1. The maximum atomic E-state index is 11.5. The van der Waals surface area contributed by atoms with Crippen molar-refractivity contribution in [2.45, 2.75) is 45.8 Å². The van der Waals surface area contributed by atoms with Crippen molar-refractivity contribution in [3.8, 4) is 0 Å². The van der Waals surface area contributed by atoms with Gasteiger partial charge in [-0.2, -0.15) is 0 Å². The number of hydrogen-bond donors (Lipinski definition) is 2. The Morgan fingerprint density at radius 3 is 2.41 bits per heavy atom. The highest BCUT2D eigenvalue weighted by atomic mass is 79.9. The second-order valence-corrected chi connectivity index (χ2v) is 5.49. The molecule has 17 heavy (non-hydrogen) atoms. The molecule has 1 unspecified atom stereocenters. The Morgan fingerprint density at radius 1 is 1.35 bits per heavy atom. The van der Waals surface area contributed by atoms with Gasteiger partial charge in [-0.15, -0.1) is 0 Å². The molecule has 0 aliphatic heterocycles. The summed E-state index contributed by atoms with van der Waals surface area (Å²) in [7, 11) is 0. The van der Waals surface area contributed by atoms with Gasteiger partial charge in [-0.25, -0.2) is 4.79 Å². The average molecular weight is 309 g/mol. The highest BCUT2D eigenvalue weighted by Crippen LogP contribution is 2.06. The molecule has 0 aliphatic carbocycles. The Bertz CT molecular complexity index is 264. The van der Waals surface area contributed by atoms with E-state index in [2.05, 4.69) is 26.6 Å². The molecule has 2 N–H and O–H groups in total. The second kappa shape index (κ2) is 7.53. The molecule has 0 aromatic rings. The van der Waals surface area contributed by atoms with E-state index >= 15 is 0 Å². The van der Waals surface area contributed by atoms with E-state index in [0.29, 0.717) is 6.54 Å². The van der Waals surface area contributed by atoms with Gasteiger partial charge in [0.15, 0.2) is 0 Å². The van der Waals surface area contributed by atoms with Gasteiger partial charge in [-0.1, -0.05) is 15.9 Å². The summed E-state index contributed by atoms with van der Waals surface area (Å²) < 4.78 is 5.05. The van der Waals surface area contributed by atoms with E-state index in [-0.39, 0.29) is 5.91 Å². The van der Waals surface area contributed by atoms with E-state index in [1.807, 2.05) is 0 Å². The van der Waals surface area contributed by atoms with Gasteiger partial charge in [-0.3, -0.25) is 4.79 Å². The van der Waals surface area contributed by atoms with Gasteiger partial charge < -0.3 is 15.4 Å². The second-order valence-electron chi connectivity index (χ2n) is 4.70. The molecule has 0 spiro atoms. The fourth-order valence-corrected chi connectivity index (χ4v) is 1.26. The minimum absolute atomic E-state index is 0.211. The predicted octanol–water partition coefficient (Wildman–Crippen LogP) is 1.80. The minimum Gasteiger partial charge on any atom is -0.444 e. The summed E-state index contributed by atoms with van der Waals surface area (Å²) in [6.45, 7) is 7.52. The first-order valence-electron chi connectivity index (χ1n) is 5.59. The van der Waals surface area contributed by atoms with E-state index in [0.717, 1.165) is 11.8 Å². The monoisotopic (exact) mass is 308 g/mol. The molecule has 2 amide bonds. The molecule has 1 atom stereocenters. The third-order valence-electron chi connectivity index (χ3n) is 1.74. The molecular weight excluding hydrogens is 288 g/mol. The number of nitrogens with one attached hydrogen (secondary N) is 2. The van der Waals surface area contributed by atoms with Crippen molar-refractivity contribution in [2.24, 2.45) is 0 Å². The summed E-state index contributed by atoms with van der Waals surface area (Å²) in [5.74, 6) is -0.211. The van der Waals surface area contributed by atoms with Crippen molar-refractivity contribution < 1.29 is 14.3 Å². The van der Waals surface area contributed by atoms with E-state index in [1.165, 1.54) is 0 Å². The van der Waals surface area contributed by atoms with Gasteiger partial charge in [-0.05, 0) is 34.1 Å². The van der Waals surface area contributed by atoms with E-state index in [4.69, 9.17) is 4.74 Å². The molecule has 0 aromatic carbocycles. The molecule has 0 saturated heterocycles. The average Bonchev–Trinajstić information content (AvgIpc) is 2.14. The van der Waals surface area contributed by atoms with Gasteiger partial charge in [0.25, 0.3) is 0 Å². The highest BCUT2D eigenvalue weighted by Gasteiger charge is 2.20. The van der Waals surface area contributed by atoms with Crippen molar-refractivity contribution in [1.29, 1.82) is 0 Å². The largest absolute Gasteiger partial charge is 0.444 e. The molecule has 100 valence electrons. The third-order valence-corrected chi connectivity index (χ3v) is 2.30. The maximum absolute atomic E-state index is 11.5. The number of ether oxygens (including phenoxy) is 1. The molecule has 0 fully saturated rings. The molecule has 0 radical (unpaired) electrons. The quantitative estimate of drug-likeness (QED) is 0.601. The molecule has 5 nitrogen and oxygen atoms in total. The van der Waals surface area contributed by atoms with Crippen LogP contribution in [0.4, 0.5) is 4.79 Å². The van der Waals surface area contributed by atoms with E-state index in [9.17, 15) is 9.59 Å². The summed E-state index contributed by atoms with van der Waals surface area (Å²) in [5.41, 5.74) is -0.559. The standard InChI is InChI=1S/C11H21BrN2O3/c1-8(9(15)13-7-5-6-12)14-10(16)17-11(2,3)4/h8H,5-7H2,1-4H3,(H,13,15)(H,14,16). The summed E-state index contributed by atoms with van der Waals surface area (Å²) in [5, 5.41) is 6.02.